The van der Waals surface area contributed by atoms with Gasteiger partial charge in [-0.1, -0.05) is 43.3 Å². The summed E-state index contributed by atoms with van der Waals surface area (Å²) in [5, 5.41) is 1.05. The maximum absolute atomic E-state index is 13.0. The predicted molar refractivity (Wildman–Crippen MR) is 106 cm³/mol. The van der Waals surface area contributed by atoms with Crippen LogP contribution in [0.5, 0.6) is 0 Å². The Labute approximate surface area is 161 Å². The molecule has 2 heterocycles. The Balaban J connectivity index is 1.88. The van der Waals surface area contributed by atoms with E-state index in [1.807, 2.05) is 31.2 Å². The quantitative estimate of drug-likeness (QED) is 0.257. The molecule has 0 N–H and O–H groups in total. The van der Waals surface area contributed by atoms with Gasteiger partial charge in [-0.2, -0.15) is 0 Å². The Bertz CT molecular complexity index is 973. The lowest BCUT2D eigenvalue weighted by atomic mass is 10.2. The molecule has 0 bridgehead atoms. The molecule has 0 fully saturated rings. The molecule has 0 radical (unpaired) electrons. The van der Waals surface area contributed by atoms with E-state index in [1.54, 1.807) is 29.1 Å². The highest BCUT2D eigenvalue weighted by molar-refractivity contribution is 7.99. The van der Waals surface area contributed by atoms with Crippen molar-refractivity contribution in [3.8, 4) is 0 Å². The molecule has 140 valence electrons. The number of fused-ring (bicyclic) bond motifs is 1. The number of hydrogen-bond donors (Lipinski definition) is 0. The Morgan fingerprint density at radius 1 is 1.22 bits per heavy atom. The van der Waals surface area contributed by atoms with Gasteiger partial charge in [0.25, 0.3) is 5.56 Å². The number of rotatable bonds is 8. The third-order valence-electron chi connectivity index (χ3n) is 3.97. The SMILES string of the molecule is CCCCOC(=O)CSc1nc2ccccc2c(=O)n1Cc1cccnc1. The number of esters is 1. The molecule has 0 unspecified atom stereocenters. The summed E-state index contributed by atoms with van der Waals surface area (Å²) in [5.41, 5.74) is 1.38. The number of benzene rings is 1. The summed E-state index contributed by atoms with van der Waals surface area (Å²) in [6.07, 6.45) is 5.22. The topological polar surface area (TPSA) is 74.1 Å². The highest BCUT2D eigenvalue weighted by Crippen LogP contribution is 2.19. The second-order valence-electron chi connectivity index (χ2n) is 6.03. The van der Waals surface area contributed by atoms with Crippen LogP contribution in [0.25, 0.3) is 10.9 Å². The molecule has 0 saturated carbocycles. The number of unbranched alkanes of at least 4 members (excludes halogenated alkanes) is 1. The summed E-state index contributed by atoms with van der Waals surface area (Å²) < 4.78 is 6.78. The molecule has 27 heavy (non-hydrogen) atoms. The molecule has 0 amide bonds. The fraction of sp³-hybridized carbons (Fsp3) is 0.300. The molecule has 0 aliphatic heterocycles. The van der Waals surface area contributed by atoms with Crippen molar-refractivity contribution in [3.05, 3.63) is 64.7 Å². The zero-order valence-corrected chi connectivity index (χ0v) is 15.9. The van der Waals surface area contributed by atoms with E-state index < -0.39 is 0 Å². The van der Waals surface area contributed by atoms with Gasteiger partial charge in [-0.05, 0) is 30.2 Å². The molecule has 3 aromatic rings. The number of para-hydroxylation sites is 1. The summed E-state index contributed by atoms with van der Waals surface area (Å²) in [6.45, 7) is 2.81. The maximum atomic E-state index is 13.0. The van der Waals surface area contributed by atoms with E-state index in [2.05, 4.69) is 9.97 Å². The summed E-state index contributed by atoms with van der Waals surface area (Å²) >= 11 is 1.22. The van der Waals surface area contributed by atoms with Gasteiger partial charge in [0.05, 0.1) is 29.8 Å². The molecule has 2 aromatic heterocycles. The number of pyridine rings is 1. The van der Waals surface area contributed by atoms with Crippen LogP contribution >= 0.6 is 11.8 Å². The van der Waals surface area contributed by atoms with Gasteiger partial charge in [0, 0.05) is 12.4 Å². The van der Waals surface area contributed by atoms with Crippen molar-refractivity contribution in [3.63, 3.8) is 0 Å². The van der Waals surface area contributed by atoms with E-state index in [-0.39, 0.29) is 17.3 Å². The Hall–Kier alpha value is -2.67. The Morgan fingerprint density at radius 3 is 2.85 bits per heavy atom. The molecular formula is C20H21N3O3S. The molecule has 3 rings (SSSR count). The van der Waals surface area contributed by atoms with Crippen LogP contribution in [0.2, 0.25) is 0 Å². The van der Waals surface area contributed by atoms with Crippen LogP contribution in [0.4, 0.5) is 0 Å². The number of ether oxygens (including phenoxy) is 1. The molecule has 0 aliphatic carbocycles. The molecule has 0 aliphatic rings. The third-order valence-corrected chi connectivity index (χ3v) is 4.92. The van der Waals surface area contributed by atoms with Crippen molar-refractivity contribution < 1.29 is 9.53 Å². The number of nitrogens with zero attached hydrogens (tertiary/aromatic N) is 3. The van der Waals surface area contributed by atoms with Crippen LogP contribution in [-0.2, 0) is 16.1 Å². The molecule has 0 atom stereocenters. The van der Waals surface area contributed by atoms with Gasteiger partial charge >= 0.3 is 5.97 Å². The predicted octanol–water partition coefficient (Wildman–Crippen LogP) is 3.28. The first-order valence-electron chi connectivity index (χ1n) is 8.86. The van der Waals surface area contributed by atoms with Gasteiger partial charge in [0.1, 0.15) is 0 Å². The summed E-state index contributed by atoms with van der Waals surface area (Å²) in [7, 11) is 0. The van der Waals surface area contributed by atoms with Crippen LogP contribution in [0.3, 0.4) is 0 Å². The van der Waals surface area contributed by atoms with Crippen molar-refractivity contribution >= 4 is 28.6 Å². The molecular weight excluding hydrogens is 362 g/mol. The maximum Gasteiger partial charge on any atom is 0.316 e. The average molecular weight is 383 g/mol. The standard InChI is InChI=1S/C20H21N3O3S/c1-2-3-11-26-18(24)14-27-20-22-17-9-5-4-8-16(17)19(25)23(20)13-15-7-6-10-21-12-15/h4-10,12H,2-3,11,13-14H2,1H3. The normalized spacial score (nSPS) is 10.9. The van der Waals surface area contributed by atoms with Gasteiger partial charge < -0.3 is 4.74 Å². The first-order valence-corrected chi connectivity index (χ1v) is 9.84. The van der Waals surface area contributed by atoms with Gasteiger partial charge in [-0.25, -0.2) is 4.98 Å². The van der Waals surface area contributed by atoms with Crippen LogP contribution in [0.1, 0.15) is 25.3 Å². The second-order valence-corrected chi connectivity index (χ2v) is 6.97. The number of carbonyl (C=O) groups excluding carboxylic acids is 1. The zero-order chi connectivity index (χ0) is 19.1. The number of carbonyl (C=O) groups is 1. The fourth-order valence-corrected chi connectivity index (χ4v) is 3.36. The van der Waals surface area contributed by atoms with Crippen molar-refractivity contribution in [1.29, 1.82) is 0 Å². The Kier molecular flexibility index (Phi) is 6.59. The van der Waals surface area contributed by atoms with E-state index >= 15 is 0 Å². The minimum absolute atomic E-state index is 0.113. The highest BCUT2D eigenvalue weighted by atomic mass is 32.2. The van der Waals surface area contributed by atoms with Gasteiger partial charge in [0.15, 0.2) is 5.16 Å². The van der Waals surface area contributed by atoms with Crippen molar-refractivity contribution in [1.82, 2.24) is 14.5 Å². The molecule has 0 saturated heterocycles. The minimum Gasteiger partial charge on any atom is -0.465 e. The lowest BCUT2D eigenvalue weighted by Crippen LogP contribution is -2.24. The highest BCUT2D eigenvalue weighted by Gasteiger charge is 2.14. The first-order chi connectivity index (χ1) is 13.2. The van der Waals surface area contributed by atoms with Gasteiger partial charge in [0.2, 0.25) is 0 Å². The molecule has 6 nitrogen and oxygen atoms in total. The van der Waals surface area contributed by atoms with Crippen molar-refractivity contribution in [2.24, 2.45) is 0 Å². The fourth-order valence-electron chi connectivity index (χ4n) is 2.57. The van der Waals surface area contributed by atoms with Crippen molar-refractivity contribution in [2.75, 3.05) is 12.4 Å². The molecule has 7 heteroatoms. The third kappa shape index (κ3) is 4.95. The monoisotopic (exact) mass is 383 g/mol. The average Bonchev–Trinajstić information content (AvgIpc) is 2.70. The lowest BCUT2D eigenvalue weighted by Gasteiger charge is -2.13. The first kappa shape index (κ1) is 19.1. The van der Waals surface area contributed by atoms with Crippen LogP contribution in [0, 0.1) is 0 Å². The largest absolute Gasteiger partial charge is 0.465 e. The summed E-state index contributed by atoms with van der Waals surface area (Å²) in [4.78, 5) is 33.6. The number of aromatic nitrogens is 3. The summed E-state index contributed by atoms with van der Waals surface area (Å²) in [6, 6.07) is 11.0. The smallest absolute Gasteiger partial charge is 0.316 e. The van der Waals surface area contributed by atoms with Gasteiger partial charge in [-0.15, -0.1) is 0 Å². The van der Waals surface area contributed by atoms with E-state index in [9.17, 15) is 9.59 Å². The van der Waals surface area contributed by atoms with E-state index in [4.69, 9.17) is 4.74 Å². The Morgan fingerprint density at radius 2 is 2.07 bits per heavy atom. The lowest BCUT2D eigenvalue weighted by molar-refractivity contribution is -0.140. The minimum atomic E-state index is -0.302. The number of thioether (sulfide) groups is 1. The van der Waals surface area contributed by atoms with Crippen molar-refractivity contribution in [2.45, 2.75) is 31.5 Å². The second kappa shape index (κ2) is 9.32. The molecule has 1 aromatic carbocycles. The van der Waals surface area contributed by atoms with Crippen LogP contribution in [-0.4, -0.2) is 32.9 Å². The van der Waals surface area contributed by atoms with E-state index in [0.717, 1.165) is 18.4 Å². The number of hydrogen-bond acceptors (Lipinski definition) is 6. The van der Waals surface area contributed by atoms with E-state index in [0.29, 0.717) is 29.2 Å². The van der Waals surface area contributed by atoms with Gasteiger partial charge in [-0.3, -0.25) is 19.1 Å². The zero-order valence-electron chi connectivity index (χ0n) is 15.1. The van der Waals surface area contributed by atoms with E-state index in [1.165, 1.54) is 11.8 Å². The van der Waals surface area contributed by atoms with Crippen LogP contribution in [0.15, 0.2) is 58.7 Å². The molecule has 0 spiro atoms. The summed E-state index contributed by atoms with van der Waals surface area (Å²) in [5.74, 6) is -0.189. The van der Waals surface area contributed by atoms with Crippen LogP contribution < -0.4 is 5.56 Å².